The van der Waals surface area contributed by atoms with E-state index in [0.29, 0.717) is 0 Å². The highest BCUT2D eigenvalue weighted by Crippen LogP contribution is 2.17. The highest BCUT2D eigenvalue weighted by Gasteiger charge is 2.01. The summed E-state index contributed by atoms with van der Waals surface area (Å²) in [7, 11) is 0. The molecule has 4 heteroatoms. The minimum Gasteiger partial charge on any atom is -0.383 e. The lowest BCUT2D eigenvalue weighted by Gasteiger charge is -2.06. The van der Waals surface area contributed by atoms with E-state index in [2.05, 4.69) is 28.7 Å². The predicted molar refractivity (Wildman–Crippen MR) is 87.6 cm³/mol. The van der Waals surface area contributed by atoms with E-state index in [4.69, 9.17) is 11.6 Å². The predicted octanol–water partition coefficient (Wildman–Crippen LogP) is 4.32. The van der Waals surface area contributed by atoms with Crippen LogP contribution in [-0.2, 0) is 6.54 Å². The average molecular weight is 298 g/mol. The van der Waals surface area contributed by atoms with Crippen LogP contribution in [0.15, 0.2) is 67.0 Å². The molecule has 2 aromatic carbocycles. The summed E-state index contributed by atoms with van der Waals surface area (Å²) in [5, 5.41) is 8.49. The summed E-state index contributed by atoms with van der Waals surface area (Å²) in [5.74, 6) is 0. The van der Waals surface area contributed by atoms with E-state index in [1.165, 1.54) is 5.56 Å². The quantitative estimate of drug-likeness (QED) is 0.760. The second-order valence-electron chi connectivity index (χ2n) is 4.79. The number of nitrogens with one attached hydrogen (secondary N) is 1. The molecule has 3 rings (SSSR count). The van der Waals surface area contributed by atoms with Gasteiger partial charge in [0.1, 0.15) is 0 Å². The maximum Gasteiger partial charge on any atom is 0.0582 e. The zero-order chi connectivity index (χ0) is 14.5. The van der Waals surface area contributed by atoms with Crippen molar-refractivity contribution in [2.24, 2.45) is 0 Å². The van der Waals surface area contributed by atoms with Crippen LogP contribution in [-0.4, -0.2) is 16.3 Å². The average Bonchev–Trinajstić information content (AvgIpc) is 2.99. The summed E-state index contributed by atoms with van der Waals surface area (Å²) in [6.45, 7) is 1.63. The molecular weight excluding hydrogens is 282 g/mol. The Balaban J connectivity index is 1.57. The Labute approximate surface area is 129 Å². The van der Waals surface area contributed by atoms with Crippen molar-refractivity contribution in [1.29, 1.82) is 0 Å². The minimum atomic E-state index is 0.750. The third kappa shape index (κ3) is 3.64. The largest absolute Gasteiger partial charge is 0.383 e. The van der Waals surface area contributed by atoms with Gasteiger partial charge in [0.15, 0.2) is 0 Å². The van der Waals surface area contributed by atoms with Crippen LogP contribution in [0.4, 0.5) is 5.69 Å². The third-order valence-corrected chi connectivity index (χ3v) is 3.51. The third-order valence-electron chi connectivity index (χ3n) is 3.25. The van der Waals surface area contributed by atoms with Crippen molar-refractivity contribution in [3.8, 4) is 11.1 Å². The molecule has 0 unspecified atom stereocenters. The number of aromatic nitrogens is 2. The first kappa shape index (κ1) is 13.7. The number of hydrogen-bond acceptors (Lipinski definition) is 2. The lowest BCUT2D eigenvalue weighted by Crippen LogP contribution is -2.10. The number of nitrogens with zero attached hydrogens (tertiary/aromatic N) is 2. The number of rotatable bonds is 5. The van der Waals surface area contributed by atoms with Gasteiger partial charge >= 0.3 is 0 Å². The number of benzene rings is 2. The van der Waals surface area contributed by atoms with Crippen LogP contribution < -0.4 is 5.32 Å². The molecule has 0 amide bonds. The van der Waals surface area contributed by atoms with Crippen LogP contribution >= 0.6 is 11.6 Å². The molecule has 0 saturated heterocycles. The smallest absolute Gasteiger partial charge is 0.0582 e. The molecule has 0 radical (unpaired) electrons. The van der Waals surface area contributed by atoms with Gasteiger partial charge in [0, 0.05) is 29.0 Å². The van der Waals surface area contributed by atoms with Crippen LogP contribution in [0.25, 0.3) is 11.1 Å². The first-order chi connectivity index (χ1) is 10.3. The molecular formula is C17H16ClN3. The van der Waals surface area contributed by atoms with Crippen LogP contribution in [0.2, 0.25) is 5.02 Å². The molecule has 0 bridgehead atoms. The van der Waals surface area contributed by atoms with Gasteiger partial charge in [-0.05, 0) is 29.8 Å². The Morgan fingerprint density at radius 2 is 1.71 bits per heavy atom. The molecule has 0 atom stereocenters. The summed E-state index contributed by atoms with van der Waals surface area (Å²) in [6, 6.07) is 18.0. The minimum absolute atomic E-state index is 0.750. The lowest BCUT2D eigenvalue weighted by molar-refractivity contribution is 0.638. The molecule has 21 heavy (non-hydrogen) atoms. The molecule has 3 aromatic rings. The Kier molecular flexibility index (Phi) is 4.22. The van der Waals surface area contributed by atoms with Crippen LogP contribution in [0.3, 0.4) is 0 Å². The molecule has 0 aliphatic heterocycles. The van der Waals surface area contributed by atoms with Crippen LogP contribution in [0, 0.1) is 0 Å². The van der Waals surface area contributed by atoms with Gasteiger partial charge < -0.3 is 5.32 Å². The number of hydrogen-bond donors (Lipinski definition) is 1. The normalized spacial score (nSPS) is 10.5. The fourth-order valence-electron chi connectivity index (χ4n) is 2.15. The molecule has 0 spiro atoms. The molecule has 1 N–H and O–H groups in total. The Morgan fingerprint density at radius 3 is 2.48 bits per heavy atom. The monoisotopic (exact) mass is 297 g/mol. The van der Waals surface area contributed by atoms with Crippen molar-refractivity contribution >= 4 is 17.3 Å². The Morgan fingerprint density at radius 1 is 0.952 bits per heavy atom. The van der Waals surface area contributed by atoms with Gasteiger partial charge in [-0.1, -0.05) is 41.9 Å². The van der Waals surface area contributed by atoms with Crippen molar-refractivity contribution < 1.29 is 0 Å². The molecule has 0 saturated carbocycles. The topological polar surface area (TPSA) is 29.9 Å². The molecule has 106 valence electrons. The number of halogens is 1. The van der Waals surface area contributed by atoms with E-state index in [9.17, 15) is 0 Å². The van der Waals surface area contributed by atoms with E-state index >= 15 is 0 Å². The van der Waals surface area contributed by atoms with Crippen molar-refractivity contribution in [3.63, 3.8) is 0 Å². The van der Waals surface area contributed by atoms with Crippen molar-refractivity contribution in [3.05, 3.63) is 72.0 Å². The summed E-state index contributed by atoms with van der Waals surface area (Å²) in [5.41, 5.74) is 3.39. The molecule has 3 nitrogen and oxygen atoms in total. The molecule has 0 fully saturated rings. The Bertz CT molecular complexity index is 690. The fraction of sp³-hybridized carbons (Fsp3) is 0.118. The molecule has 1 heterocycles. The highest BCUT2D eigenvalue weighted by atomic mass is 35.5. The standard InChI is InChI=1S/C17H16ClN3/c18-16-6-8-17(9-7-16)19-10-11-21-13-15(12-20-21)14-4-2-1-3-5-14/h1-9,12-13,19H,10-11H2. The van der Waals surface area contributed by atoms with Crippen molar-refractivity contribution in [2.75, 3.05) is 11.9 Å². The summed E-state index contributed by atoms with van der Waals surface area (Å²) in [6.07, 6.45) is 3.97. The molecule has 0 aliphatic carbocycles. The highest BCUT2D eigenvalue weighted by molar-refractivity contribution is 6.30. The zero-order valence-corrected chi connectivity index (χ0v) is 12.3. The van der Waals surface area contributed by atoms with Gasteiger partial charge in [-0.25, -0.2) is 0 Å². The van der Waals surface area contributed by atoms with Gasteiger partial charge in [0.25, 0.3) is 0 Å². The van der Waals surface area contributed by atoms with Gasteiger partial charge in [-0.3, -0.25) is 4.68 Å². The van der Waals surface area contributed by atoms with Gasteiger partial charge in [0.05, 0.1) is 12.7 Å². The molecule has 0 aliphatic rings. The van der Waals surface area contributed by atoms with Crippen LogP contribution in [0.5, 0.6) is 0 Å². The summed E-state index contributed by atoms with van der Waals surface area (Å²) >= 11 is 5.86. The SMILES string of the molecule is Clc1ccc(NCCn2cc(-c3ccccc3)cn2)cc1. The van der Waals surface area contributed by atoms with Crippen molar-refractivity contribution in [2.45, 2.75) is 6.54 Å². The number of anilines is 1. The van der Waals surface area contributed by atoms with E-state index in [1.807, 2.05) is 53.3 Å². The second kappa shape index (κ2) is 6.46. The molecule has 1 aromatic heterocycles. The Hall–Kier alpha value is -2.26. The first-order valence-corrected chi connectivity index (χ1v) is 7.26. The first-order valence-electron chi connectivity index (χ1n) is 6.88. The second-order valence-corrected chi connectivity index (χ2v) is 5.23. The maximum atomic E-state index is 5.86. The zero-order valence-electron chi connectivity index (χ0n) is 11.5. The summed E-state index contributed by atoms with van der Waals surface area (Å²) < 4.78 is 1.95. The van der Waals surface area contributed by atoms with Gasteiger partial charge in [-0.2, -0.15) is 5.10 Å². The van der Waals surface area contributed by atoms with E-state index < -0.39 is 0 Å². The van der Waals surface area contributed by atoms with Crippen molar-refractivity contribution in [1.82, 2.24) is 9.78 Å². The van der Waals surface area contributed by atoms with E-state index in [1.54, 1.807) is 0 Å². The van der Waals surface area contributed by atoms with Gasteiger partial charge in [-0.15, -0.1) is 0 Å². The van der Waals surface area contributed by atoms with E-state index in [-0.39, 0.29) is 0 Å². The lowest BCUT2D eigenvalue weighted by atomic mass is 10.1. The van der Waals surface area contributed by atoms with Crippen LogP contribution in [0.1, 0.15) is 0 Å². The van der Waals surface area contributed by atoms with Gasteiger partial charge in [0.2, 0.25) is 0 Å². The summed E-state index contributed by atoms with van der Waals surface area (Å²) in [4.78, 5) is 0. The maximum absolute atomic E-state index is 5.86. The van der Waals surface area contributed by atoms with E-state index in [0.717, 1.165) is 29.4 Å². The fourth-order valence-corrected chi connectivity index (χ4v) is 2.27.